The zero-order valence-corrected chi connectivity index (χ0v) is 23.1. The van der Waals surface area contributed by atoms with Crippen molar-refractivity contribution >= 4 is 23.1 Å². The molecule has 212 valence electrons. The Balaban J connectivity index is 1.13. The number of hydrogen-bond donors (Lipinski definition) is 3. The number of anilines is 3. The number of pyridine rings is 1. The zero-order valence-electron chi connectivity index (χ0n) is 23.1. The summed E-state index contributed by atoms with van der Waals surface area (Å²) in [6.45, 7) is 7.58. The lowest BCUT2D eigenvalue weighted by molar-refractivity contribution is -0.0167. The molecule has 0 spiro atoms. The van der Waals surface area contributed by atoms with Crippen molar-refractivity contribution in [2.24, 2.45) is 10.2 Å². The molecule has 1 unspecified atom stereocenters. The number of rotatable bonds is 10. The van der Waals surface area contributed by atoms with E-state index in [1.807, 2.05) is 55.5 Å². The number of nitrogens with zero attached hydrogens (tertiary/aromatic N) is 6. The number of azo groups is 1. The molecular formula is C30H33FN8O2. The smallest absolute Gasteiger partial charge is 0.270 e. The first-order valence-corrected chi connectivity index (χ1v) is 13.5. The molecule has 11 heteroatoms. The van der Waals surface area contributed by atoms with E-state index in [1.165, 1.54) is 0 Å². The van der Waals surface area contributed by atoms with Gasteiger partial charge in [-0.25, -0.2) is 9.37 Å². The van der Waals surface area contributed by atoms with E-state index in [2.05, 4.69) is 40.7 Å². The van der Waals surface area contributed by atoms with Gasteiger partial charge in [0.05, 0.1) is 36.0 Å². The highest BCUT2D eigenvalue weighted by Crippen LogP contribution is 2.26. The van der Waals surface area contributed by atoms with Crippen molar-refractivity contribution in [3.05, 3.63) is 84.1 Å². The van der Waals surface area contributed by atoms with Gasteiger partial charge in [-0.1, -0.05) is 24.3 Å². The lowest BCUT2D eigenvalue weighted by Gasteiger charge is -2.31. The van der Waals surface area contributed by atoms with Crippen molar-refractivity contribution in [3.63, 3.8) is 0 Å². The fraction of sp³-hybridized carbons (Fsp3) is 0.300. The van der Waals surface area contributed by atoms with Crippen LogP contribution in [0.25, 0.3) is 11.1 Å². The molecule has 0 saturated carbocycles. The van der Waals surface area contributed by atoms with Gasteiger partial charge in [0.15, 0.2) is 11.6 Å². The minimum Gasteiger partial charge on any atom is -0.508 e. The Morgan fingerprint density at radius 3 is 2.66 bits per heavy atom. The van der Waals surface area contributed by atoms with Crippen LogP contribution in [0.15, 0.2) is 77.1 Å². The molecule has 0 amide bonds. The third-order valence-corrected chi connectivity index (χ3v) is 6.62. The van der Waals surface area contributed by atoms with Gasteiger partial charge in [-0.3, -0.25) is 9.88 Å². The van der Waals surface area contributed by atoms with Crippen molar-refractivity contribution in [1.29, 1.82) is 0 Å². The highest BCUT2D eigenvalue weighted by Gasteiger charge is 2.17. The lowest BCUT2D eigenvalue weighted by Crippen LogP contribution is -2.43. The molecule has 1 aliphatic heterocycles. The number of aromatic nitrogens is 3. The molecule has 1 aliphatic rings. The average Bonchev–Trinajstić information content (AvgIpc) is 2.97. The number of benzene rings is 2. The van der Waals surface area contributed by atoms with Gasteiger partial charge in [0.25, 0.3) is 5.95 Å². The molecule has 2 aromatic carbocycles. The maximum atomic E-state index is 14.6. The molecule has 1 atom stereocenters. The summed E-state index contributed by atoms with van der Waals surface area (Å²) in [5, 5.41) is 24.4. The second-order valence-electron chi connectivity index (χ2n) is 9.87. The van der Waals surface area contributed by atoms with Crippen molar-refractivity contribution < 1.29 is 14.2 Å². The highest BCUT2D eigenvalue weighted by atomic mass is 19.1. The van der Waals surface area contributed by atoms with Crippen LogP contribution in [0.2, 0.25) is 0 Å². The second-order valence-corrected chi connectivity index (χ2v) is 9.87. The Morgan fingerprint density at radius 2 is 1.90 bits per heavy atom. The Kier molecular flexibility index (Phi) is 9.07. The molecule has 1 saturated heterocycles. The van der Waals surface area contributed by atoms with Crippen LogP contribution < -0.4 is 10.6 Å². The third kappa shape index (κ3) is 7.80. The molecule has 5 rings (SSSR count). The zero-order chi connectivity index (χ0) is 28.6. The summed E-state index contributed by atoms with van der Waals surface area (Å²) in [5.41, 5.74) is 4.63. The summed E-state index contributed by atoms with van der Waals surface area (Å²) in [5.74, 6) is -0.0320. The largest absolute Gasteiger partial charge is 0.508 e. The summed E-state index contributed by atoms with van der Waals surface area (Å²) in [6.07, 6.45) is 1.93. The number of aromatic hydroxyl groups is 1. The van der Waals surface area contributed by atoms with Crippen LogP contribution in [-0.2, 0) is 11.3 Å². The highest BCUT2D eigenvalue weighted by molar-refractivity contribution is 5.69. The third-order valence-electron chi connectivity index (χ3n) is 6.62. The van der Waals surface area contributed by atoms with Gasteiger partial charge in [0.2, 0.25) is 0 Å². The predicted octanol–water partition coefficient (Wildman–Crippen LogP) is 5.85. The lowest BCUT2D eigenvalue weighted by atomic mass is 10.1. The van der Waals surface area contributed by atoms with E-state index in [9.17, 15) is 9.50 Å². The molecule has 2 aromatic heterocycles. The number of halogens is 1. The number of phenolic OH excluding ortho intramolecular Hbond substituents is 1. The standard InChI is InChI=1S/C30H33FN8O2/c1-20-19-39(14-15-41-20)13-12-32-29-28(31)21(2)35-30(37-29)38-34-18-25-10-11-26(17-33-25)36-24-8-6-22(7-9-24)23-4-3-5-27(40)16-23/h3-11,16-17,20,36,40H,12-15,18-19H2,1-2H3,(H,32,35,37). The van der Waals surface area contributed by atoms with Crippen molar-refractivity contribution in [3.8, 4) is 16.9 Å². The molecule has 10 nitrogen and oxygen atoms in total. The molecule has 3 N–H and O–H groups in total. The van der Waals surface area contributed by atoms with Crippen molar-refractivity contribution in [2.75, 3.05) is 43.4 Å². The fourth-order valence-corrected chi connectivity index (χ4v) is 4.49. The van der Waals surface area contributed by atoms with Crippen LogP contribution >= 0.6 is 0 Å². The van der Waals surface area contributed by atoms with Crippen LogP contribution in [0, 0.1) is 12.7 Å². The van der Waals surface area contributed by atoms with Crippen LogP contribution in [-0.4, -0.2) is 63.8 Å². The van der Waals surface area contributed by atoms with E-state index >= 15 is 0 Å². The van der Waals surface area contributed by atoms with Gasteiger partial charge >= 0.3 is 0 Å². The van der Waals surface area contributed by atoms with E-state index < -0.39 is 5.82 Å². The van der Waals surface area contributed by atoms with Crippen molar-refractivity contribution in [2.45, 2.75) is 26.5 Å². The maximum Gasteiger partial charge on any atom is 0.270 e. The minimum absolute atomic E-state index is 0.0962. The van der Waals surface area contributed by atoms with E-state index in [-0.39, 0.29) is 35.9 Å². The molecule has 3 heterocycles. The summed E-state index contributed by atoms with van der Waals surface area (Å²) < 4.78 is 20.1. The molecule has 0 aliphatic carbocycles. The first kappa shape index (κ1) is 28.1. The quantitative estimate of drug-likeness (QED) is 0.208. The SMILES string of the molecule is Cc1nc(N=NCc2ccc(Nc3ccc(-c4cccc(O)c4)cc3)cn2)nc(NCCN2CCOC(C)C2)c1F. The molecular weight excluding hydrogens is 523 g/mol. The summed E-state index contributed by atoms with van der Waals surface area (Å²) in [4.78, 5) is 15.0. The van der Waals surface area contributed by atoms with Gasteiger partial charge in [-0.2, -0.15) is 10.1 Å². The first-order chi connectivity index (χ1) is 19.9. The van der Waals surface area contributed by atoms with Gasteiger partial charge < -0.3 is 20.5 Å². The number of nitrogens with one attached hydrogen (secondary N) is 2. The van der Waals surface area contributed by atoms with E-state index in [0.717, 1.165) is 47.8 Å². The summed E-state index contributed by atoms with van der Waals surface area (Å²) in [7, 11) is 0. The molecule has 0 radical (unpaired) electrons. The Labute approximate surface area is 238 Å². The Hall–Kier alpha value is -4.48. The fourth-order valence-electron chi connectivity index (χ4n) is 4.49. The summed E-state index contributed by atoms with van der Waals surface area (Å²) in [6, 6.07) is 18.9. The minimum atomic E-state index is -0.488. The van der Waals surface area contributed by atoms with Crippen LogP contribution in [0.3, 0.4) is 0 Å². The monoisotopic (exact) mass is 556 g/mol. The van der Waals surface area contributed by atoms with Gasteiger partial charge in [0, 0.05) is 31.9 Å². The summed E-state index contributed by atoms with van der Waals surface area (Å²) >= 11 is 0. The normalized spacial score (nSPS) is 15.7. The first-order valence-electron chi connectivity index (χ1n) is 13.5. The molecule has 1 fully saturated rings. The predicted molar refractivity (Wildman–Crippen MR) is 156 cm³/mol. The van der Waals surface area contributed by atoms with Crippen molar-refractivity contribution in [1.82, 2.24) is 19.9 Å². The number of phenols is 1. The number of hydrogen-bond acceptors (Lipinski definition) is 10. The van der Waals surface area contributed by atoms with Crippen LogP contribution in [0.4, 0.5) is 27.5 Å². The van der Waals surface area contributed by atoms with Crippen LogP contribution in [0.5, 0.6) is 5.75 Å². The molecule has 41 heavy (non-hydrogen) atoms. The van der Waals surface area contributed by atoms with E-state index in [0.29, 0.717) is 13.2 Å². The van der Waals surface area contributed by atoms with Gasteiger partial charge in [-0.05, 0) is 61.4 Å². The Bertz CT molecular complexity index is 1480. The second kappa shape index (κ2) is 13.2. The topological polar surface area (TPSA) is 120 Å². The average molecular weight is 557 g/mol. The molecule has 0 bridgehead atoms. The van der Waals surface area contributed by atoms with Gasteiger partial charge in [0.1, 0.15) is 12.3 Å². The molecule has 4 aromatic rings. The number of ether oxygens (including phenoxy) is 1. The van der Waals surface area contributed by atoms with Crippen LogP contribution in [0.1, 0.15) is 18.3 Å². The number of morpholine rings is 1. The van der Waals surface area contributed by atoms with E-state index in [4.69, 9.17) is 4.74 Å². The van der Waals surface area contributed by atoms with Gasteiger partial charge in [-0.15, -0.1) is 5.11 Å². The number of aryl methyl sites for hydroxylation is 1. The Morgan fingerprint density at radius 1 is 1.07 bits per heavy atom. The maximum absolute atomic E-state index is 14.6. The van der Waals surface area contributed by atoms with E-state index in [1.54, 1.807) is 25.3 Å².